The Morgan fingerprint density at radius 1 is 1.53 bits per heavy atom. The first-order chi connectivity index (χ1) is 8.95. The lowest BCUT2D eigenvalue weighted by atomic mass is 9.84. The Balaban J connectivity index is 2.68. The van der Waals surface area contributed by atoms with Gasteiger partial charge in [0.05, 0.1) is 0 Å². The molecule has 1 amide bonds. The van der Waals surface area contributed by atoms with E-state index >= 15 is 0 Å². The van der Waals surface area contributed by atoms with Gasteiger partial charge in [0.2, 0.25) is 5.91 Å². The third-order valence-electron chi connectivity index (χ3n) is 4.07. The minimum absolute atomic E-state index is 0.0289. The Bertz CT molecular complexity index is 340. The summed E-state index contributed by atoms with van der Waals surface area (Å²) < 4.78 is 5.31. The molecule has 1 aliphatic rings. The summed E-state index contributed by atoms with van der Waals surface area (Å²) in [4.78, 5) is 14.2. The number of carbonyl (C=O) groups is 1. The second kappa shape index (κ2) is 6.75. The van der Waals surface area contributed by atoms with Crippen LogP contribution in [0.15, 0.2) is 5.16 Å². The third kappa shape index (κ3) is 3.59. The molecule has 0 aromatic heterocycles. The molecule has 110 valence electrons. The molecule has 6 nitrogen and oxygen atoms in total. The Morgan fingerprint density at radius 3 is 2.58 bits per heavy atom. The second-order valence-electron chi connectivity index (χ2n) is 5.41. The minimum atomic E-state index is -0.936. The average Bonchev–Trinajstić information content (AvgIpc) is 2.45. The van der Waals surface area contributed by atoms with E-state index in [-0.39, 0.29) is 11.7 Å². The van der Waals surface area contributed by atoms with Gasteiger partial charge in [-0.1, -0.05) is 12.1 Å². The van der Waals surface area contributed by atoms with Crippen LogP contribution in [-0.2, 0) is 9.53 Å². The zero-order chi connectivity index (χ0) is 14.5. The van der Waals surface area contributed by atoms with Crippen molar-refractivity contribution < 1.29 is 14.7 Å². The number of rotatable bonds is 5. The summed E-state index contributed by atoms with van der Waals surface area (Å²) in [6, 6.07) is 0. The van der Waals surface area contributed by atoms with E-state index in [1.807, 2.05) is 6.92 Å². The highest BCUT2D eigenvalue weighted by Gasteiger charge is 2.38. The molecule has 0 aromatic rings. The zero-order valence-electron chi connectivity index (χ0n) is 12.1. The molecule has 0 bridgehead atoms. The molecule has 0 spiro atoms. The van der Waals surface area contributed by atoms with Gasteiger partial charge in [0.25, 0.3) is 0 Å². The maximum atomic E-state index is 12.5. The Hall–Kier alpha value is -1.30. The molecule has 1 fully saturated rings. The first kappa shape index (κ1) is 15.8. The first-order valence-electron chi connectivity index (χ1n) is 6.77. The lowest BCUT2D eigenvalue weighted by Crippen LogP contribution is -2.49. The standard InChI is InChI=1S/C13H25N3O3/c1-4-13(2,11(14)15-18)12(17)16(3)9-10-5-7-19-8-6-10/h10,18H,4-9H2,1-3H3,(H2,14,15). The summed E-state index contributed by atoms with van der Waals surface area (Å²) in [5, 5.41) is 11.8. The van der Waals surface area contributed by atoms with E-state index in [0.29, 0.717) is 18.9 Å². The maximum absolute atomic E-state index is 12.5. The molecule has 0 radical (unpaired) electrons. The predicted molar refractivity (Wildman–Crippen MR) is 73.0 cm³/mol. The molecular weight excluding hydrogens is 246 g/mol. The van der Waals surface area contributed by atoms with Crippen molar-refractivity contribution in [1.82, 2.24) is 4.90 Å². The van der Waals surface area contributed by atoms with Crippen LogP contribution in [0.5, 0.6) is 0 Å². The summed E-state index contributed by atoms with van der Waals surface area (Å²) in [7, 11) is 1.77. The molecule has 1 rings (SSSR count). The molecule has 3 N–H and O–H groups in total. The molecule has 1 saturated heterocycles. The SMILES string of the molecule is CCC(C)(C(=O)N(C)CC1CCOCC1)C(N)=NO. The Kier molecular flexibility index (Phi) is 5.60. The average molecular weight is 271 g/mol. The smallest absolute Gasteiger partial charge is 0.235 e. The van der Waals surface area contributed by atoms with Crippen molar-refractivity contribution in [1.29, 1.82) is 0 Å². The lowest BCUT2D eigenvalue weighted by Gasteiger charge is -2.33. The molecule has 1 unspecified atom stereocenters. The van der Waals surface area contributed by atoms with Gasteiger partial charge in [-0.15, -0.1) is 0 Å². The number of oxime groups is 1. The van der Waals surface area contributed by atoms with Crippen LogP contribution in [-0.4, -0.2) is 48.7 Å². The Labute approximate surface area is 114 Å². The number of ether oxygens (including phenoxy) is 1. The van der Waals surface area contributed by atoms with E-state index in [9.17, 15) is 4.79 Å². The monoisotopic (exact) mass is 271 g/mol. The van der Waals surface area contributed by atoms with Crippen molar-refractivity contribution in [3.63, 3.8) is 0 Å². The molecule has 1 heterocycles. The number of hydrogen-bond donors (Lipinski definition) is 2. The fourth-order valence-corrected chi connectivity index (χ4v) is 2.37. The number of nitrogens with zero attached hydrogens (tertiary/aromatic N) is 2. The van der Waals surface area contributed by atoms with E-state index in [4.69, 9.17) is 15.7 Å². The highest BCUT2D eigenvalue weighted by atomic mass is 16.5. The third-order valence-corrected chi connectivity index (χ3v) is 4.07. The van der Waals surface area contributed by atoms with Gasteiger partial charge in [-0.25, -0.2) is 0 Å². The van der Waals surface area contributed by atoms with Crippen LogP contribution in [0.4, 0.5) is 0 Å². The summed E-state index contributed by atoms with van der Waals surface area (Å²) in [5.74, 6) is 0.340. The van der Waals surface area contributed by atoms with Crippen LogP contribution in [0.3, 0.4) is 0 Å². The molecule has 0 saturated carbocycles. The summed E-state index contributed by atoms with van der Waals surface area (Å²) in [6.07, 6.45) is 2.45. The van der Waals surface area contributed by atoms with Gasteiger partial charge in [0.15, 0.2) is 5.84 Å². The lowest BCUT2D eigenvalue weighted by molar-refractivity contribution is -0.137. The quantitative estimate of drug-likeness (QED) is 0.338. The number of amidine groups is 1. The number of hydrogen-bond acceptors (Lipinski definition) is 4. The van der Waals surface area contributed by atoms with Gasteiger partial charge < -0.3 is 20.6 Å². The molecule has 0 aromatic carbocycles. The van der Waals surface area contributed by atoms with E-state index in [1.165, 1.54) is 0 Å². The van der Waals surface area contributed by atoms with Crippen LogP contribution in [0, 0.1) is 11.3 Å². The largest absolute Gasteiger partial charge is 0.409 e. The van der Waals surface area contributed by atoms with Gasteiger partial charge in [-0.05, 0) is 32.1 Å². The molecular formula is C13H25N3O3. The fraction of sp³-hybridized carbons (Fsp3) is 0.846. The second-order valence-corrected chi connectivity index (χ2v) is 5.41. The zero-order valence-corrected chi connectivity index (χ0v) is 12.1. The van der Waals surface area contributed by atoms with Crippen LogP contribution in [0.2, 0.25) is 0 Å². The van der Waals surface area contributed by atoms with E-state index in [1.54, 1.807) is 18.9 Å². The van der Waals surface area contributed by atoms with Crippen LogP contribution >= 0.6 is 0 Å². The predicted octanol–water partition coefficient (Wildman–Crippen LogP) is 1.03. The van der Waals surface area contributed by atoms with Crippen molar-refractivity contribution in [3.8, 4) is 0 Å². The highest BCUT2D eigenvalue weighted by molar-refractivity contribution is 6.06. The summed E-state index contributed by atoms with van der Waals surface area (Å²) in [5.41, 5.74) is 4.73. The Morgan fingerprint density at radius 2 is 2.11 bits per heavy atom. The highest BCUT2D eigenvalue weighted by Crippen LogP contribution is 2.25. The summed E-state index contributed by atoms with van der Waals surface area (Å²) >= 11 is 0. The molecule has 19 heavy (non-hydrogen) atoms. The number of carbonyl (C=O) groups excluding carboxylic acids is 1. The van der Waals surface area contributed by atoms with Gasteiger partial charge in [0.1, 0.15) is 5.41 Å². The normalized spacial score (nSPS) is 20.9. The van der Waals surface area contributed by atoms with Crippen molar-refractivity contribution in [2.24, 2.45) is 22.2 Å². The van der Waals surface area contributed by atoms with Crippen LogP contribution < -0.4 is 5.73 Å². The van der Waals surface area contributed by atoms with Gasteiger partial charge in [-0.2, -0.15) is 0 Å². The van der Waals surface area contributed by atoms with Gasteiger partial charge >= 0.3 is 0 Å². The maximum Gasteiger partial charge on any atom is 0.235 e. The first-order valence-corrected chi connectivity index (χ1v) is 6.77. The van der Waals surface area contributed by atoms with Gasteiger partial charge in [-0.3, -0.25) is 4.79 Å². The number of amides is 1. The van der Waals surface area contributed by atoms with Crippen LogP contribution in [0.25, 0.3) is 0 Å². The number of nitrogens with two attached hydrogens (primary N) is 1. The minimum Gasteiger partial charge on any atom is -0.409 e. The fourth-order valence-electron chi connectivity index (χ4n) is 2.37. The topological polar surface area (TPSA) is 88.2 Å². The van der Waals surface area contributed by atoms with Crippen molar-refractivity contribution in [2.45, 2.75) is 33.1 Å². The van der Waals surface area contributed by atoms with Crippen molar-refractivity contribution >= 4 is 11.7 Å². The summed E-state index contributed by atoms with van der Waals surface area (Å²) in [6.45, 7) is 5.79. The van der Waals surface area contributed by atoms with E-state index < -0.39 is 5.41 Å². The van der Waals surface area contributed by atoms with Crippen molar-refractivity contribution in [3.05, 3.63) is 0 Å². The molecule has 1 atom stereocenters. The molecule has 6 heteroatoms. The van der Waals surface area contributed by atoms with Gasteiger partial charge in [0, 0.05) is 26.8 Å². The van der Waals surface area contributed by atoms with E-state index in [2.05, 4.69) is 5.16 Å². The molecule has 0 aliphatic carbocycles. The van der Waals surface area contributed by atoms with Crippen LogP contribution in [0.1, 0.15) is 33.1 Å². The van der Waals surface area contributed by atoms with E-state index in [0.717, 1.165) is 26.1 Å². The molecule has 1 aliphatic heterocycles. The van der Waals surface area contributed by atoms with Crippen molar-refractivity contribution in [2.75, 3.05) is 26.8 Å².